The number of urea groups is 1. The maximum atomic E-state index is 12.7. The van der Waals surface area contributed by atoms with E-state index >= 15 is 0 Å². The molecule has 2 amide bonds. The summed E-state index contributed by atoms with van der Waals surface area (Å²) in [7, 11) is 2.95. The number of aromatic amines is 1. The molecule has 1 aliphatic heterocycles. The lowest BCUT2D eigenvalue weighted by Gasteiger charge is -2.28. The summed E-state index contributed by atoms with van der Waals surface area (Å²) in [5.74, 6) is 0.224. The van der Waals surface area contributed by atoms with Gasteiger partial charge in [-0.2, -0.15) is 0 Å². The molecule has 4 rings (SSSR count). The van der Waals surface area contributed by atoms with Crippen molar-refractivity contribution in [1.82, 2.24) is 19.4 Å². The van der Waals surface area contributed by atoms with Crippen LogP contribution in [0.15, 0.2) is 40.1 Å². The smallest absolute Gasteiger partial charge is 0.332 e. The van der Waals surface area contributed by atoms with E-state index in [0.717, 1.165) is 21.0 Å². The molecular formula is C16H15N5O3. The summed E-state index contributed by atoms with van der Waals surface area (Å²) in [5.41, 5.74) is 1.10. The highest BCUT2D eigenvalue weighted by molar-refractivity contribution is 5.94. The van der Waals surface area contributed by atoms with Crippen LogP contribution in [0.25, 0.3) is 10.9 Å². The second kappa shape index (κ2) is 4.85. The van der Waals surface area contributed by atoms with Crippen LogP contribution in [0, 0.1) is 0 Å². The number of nitrogens with one attached hydrogen (secondary N) is 3. The molecule has 24 heavy (non-hydrogen) atoms. The van der Waals surface area contributed by atoms with Gasteiger partial charge in [-0.3, -0.25) is 19.2 Å². The lowest BCUT2D eigenvalue weighted by atomic mass is 9.98. The number of aromatic nitrogens is 3. The first-order chi connectivity index (χ1) is 11.5. The summed E-state index contributed by atoms with van der Waals surface area (Å²) in [6, 6.07) is 6.53. The molecule has 1 unspecified atom stereocenters. The molecular weight excluding hydrogens is 310 g/mol. The summed E-state index contributed by atoms with van der Waals surface area (Å²) >= 11 is 0. The Morgan fingerprint density at radius 2 is 1.79 bits per heavy atom. The molecule has 1 aromatic carbocycles. The molecule has 3 heterocycles. The second-order valence-electron chi connectivity index (χ2n) is 5.79. The van der Waals surface area contributed by atoms with E-state index in [1.54, 1.807) is 6.20 Å². The Balaban J connectivity index is 2.05. The van der Waals surface area contributed by atoms with Gasteiger partial charge in [0.25, 0.3) is 5.56 Å². The van der Waals surface area contributed by atoms with Gasteiger partial charge in [-0.15, -0.1) is 0 Å². The minimum Gasteiger partial charge on any atom is -0.361 e. The van der Waals surface area contributed by atoms with Crippen LogP contribution in [0.5, 0.6) is 0 Å². The number of carbonyl (C=O) groups excluding carboxylic acids is 1. The Bertz CT molecular complexity index is 1110. The Labute approximate surface area is 135 Å². The van der Waals surface area contributed by atoms with E-state index in [0.29, 0.717) is 5.56 Å². The Morgan fingerprint density at radius 1 is 1.04 bits per heavy atom. The molecule has 0 saturated heterocycles. The fourth-order valence-corrected chi connectivity index (χ4v) is 3.19. The van der Waals surface area contributed by atoms with Crippen molar-refractivity contribution in [2.75, 3.05) is 5.32 Å². The molecule has 8 heteroatoms. The summed E-state index contributed by atoms with van der Waals surface area (Å²) in [4.78, 5) is 40.0. The van der Waals surface area contributed by atoms with Gasteiger partial charge in [0.15, 0.2) is 0 Å². The van der Waals surface area contributed by atoms with Gasteiger partial charge in [-0.05, 0) is 6.07 Å². The first-order valence-corrected chi connectivity index (χ1v) is 7.42. The Hall–Kier alpha value is -3.29. The van der Waals surface area contributed by atoms with E-state index in [1.807, 2.05) is 24.3 Å². The summed E-state index contributed by atoms with van der Waals surface area (Å²) < 4.78 is 2.32. The Kier molecular flexibility index (Phi) is 2.89. The van der Waals surface area contributed by atoms with Crippen LogP contribution in [-0.4, -0.2) is 20.1 Å². The maximum Gasteiger partial charge on any atom is 0.332 e. The Morgan fingerprint density at radius 3 is 2.58 bits per heavy atom. The van der Waals surface area contributed by atoms with E-state index in [4.69, 9.17) is 0 Å². The monoisotopic (exact) mass is 325 g/mol. The number of amides is 2. The minimum atomic E-state index is -0.643. The number of anilines is 1. The highest BCUT2D eigenvalue weighted by Crippen LogP contribution is 2.32. The zero-order valence-electron chi connectivity index (χ0n) is 13.1. The molecule has 1 atom stereocenters. The number of para-hydroxylation sites is 1. The lowest BCUT2D eigenvalue weighted by Crippen LogP contribution is -2.49. The molecule has 3 aromatic rings. The number of benzene rings is 1. The number of rotatable bonds is 1. The van der Waals surface area contributed by atoms with E-state index in [1.165, 1.54) is 18.7 Å². The molecule has 0 fully saturated rings. The molecule has 1 aliphatic rings. The topological polar surface area (TPSA) is 101 Å². The summed E-state index contributed by atoms with van der Waals surface area (Å²) in [6.45, 7) is 0. The van der Waals surface area contributed by atoms with Crippen LogP contribution in [-0.2, 0) is 14.1 Å². The molecule has 0 aliphatic carbocycles. The van der Waals surface area contributed by atoms with E-state index in [-0.39, 0.29) is 5.82 Å². The molecule has 2 aromatic heterocycles. The third kappa shape index (κ3) is 1.82. The quantitative estimate of drug-likeness (QED) is 0.616. The normalized spacial score (nSPS) is 16.6. The molecule has 0 spiro atoms. The second-order valence-corrected chi connectivity index (χ2v) is 5.79. The predicted molar refractivity (Wildman–Crippen MR) is 89.2 cm³/mol. The number of H-pyrrole nitrogens is 1. The van der Waals surface area contributed by atoms with Crippen molar-refractivity contribution >= 4 is 22.8 Å². The lowest BCUT2D eigenvalue weighted by molar-refractivity contribution is 0.248. The molecule has 0 bridgehead atoms. The molecule has 3 N–H and O–H groups in total. The molecule has 8 nitrogen and oxygen atoms in total. The standard InChI is InChI=1S/C16H15N5O3/c1-20-13-11(14(22)21(2)16(20)24)12(18-15(23)19-13)9-7-17-10-6-4-3-5-8(9)10/h3-7,12,17H,1-2H3,(H2,18,19,23). The zero-order chi connectivity index (χ0) is 17.0. The number of hydrogen-bond donors (Lipinski definition) is 3. The van der Waals surface area contributed by atoms with Gasteiger partial charge < -0.3 is 10.3 Å². The van der Waals surface area contributed by atoms with Crippen molar-refractivity contribution in [3.63, 3.8) is 0 Å². The van der Waals surface area contributed by atoms with Crippen LogP contribution in [0.2, 0.25) is 0 Å². The third-order valence-electron chi connectivity index (χ3n) is 4.43. The van der Waals surface area contributed by atoms with Crippen molar-refractivity contribution < 1.29 is 4.79 Å². The highest BCUT2D eigenvalue weighted by atomic mass is 16.2. The SMILES string of the molecule is Cn1c2c(c(=O)n(C)c1=O)C(c1c[nH]c3ccccc13)NC(=O)N2. The summed E-state index contributed by atoms with van der Waals surface area (Å²) in [5, 5.41) is 6.26. The van der Waals surface area contributed by atoms with Crippen LogP contribution in [0.1, 0.15) is 17.2 Å². The minimum absolute atomic E-state index is 0.224. The fourth-order valence-electron chi connectivity index (χ4n) is 3.19. The summed E-state index contributed by atoms with van der Waals surface area (Å²) in [6.07, 6.45) is 1.77. The van der Waals surface area contributed by atoms with E-state index in [9.17, 15) is 14.4 Å². The largest absolute Gasteiger partial charge is 0.361 e. The first-order valence-electron chi connectivity index (χ1n) is 7.42. The number of fused-ring (bicyclic) bond motifs is 2. The van der Waals surface area contributed by atoms with Crippen molar-refractivity contribution in [2.24, 2.45) is 14.1 Å². The van der Waals surface area contributed by atoms with Gasteiger partial charge >= 0.3 is 11.7 Å². The fraction of sp³-hybridized carbons (Fsp3) is 0.188. The highest BCUT2D eigenvalue weighted by Gasteiger charge is 2.32. The number of carbonyl (C=O) groups is 1. The maximum absolute atomic E-state index is 12.7. The van der Waals surface area contributed by atoms with Crippen molar-refractivity contribution in [3.05, 3.63) is 62.4 Å². The average molecular weight is 325 g/mol. The predicted octanol–water partition coefficient (Wildman–Crippen LogP) is 0.790. The number of hydrogen-bond acceptors (Lipinski definition) is 3. The first kappa shape index (κ1) is 14.3. The molecule has 0 saturated carbocycles. The third-order valence-corrected chi connectivity index (χ3v) is 4.43. The van der Waals surface area contributed by atoms with Crippen molar-refractivity contribution in [3.8, 4) is 0 Å². The van der Waals surface area contributed by atoms with Gasteiger partial charge in [-0.1, -0.05) is 18.2 Å². The zero-order valence-corrected chi connectivity index (χ0v) is 13.1. The average Bonchev–Trinajstić information content (AvgIpc) is 3.01. The van der Waals surface area contributed by atoms with Gasteiger partial charge in [0.05, 0.1) is 11.6 Å². The van der Waals surface area contributed by atoms with Gasteiger partial charge in [0.2, 0.25) is 0 Å². The van der Waals surface area contributed by atoms with E-state index < -0.39 is 23.3 Å². The van der Waals surface area contributed by atoms with Gasteiger partial charge in [0, 0.05) is 36.8 Å². The number of nitrogens with zero attached hydrogens (tertiary/aromatic N) is 2. The van der Waals surface area contributed by atoms with Crippen molar-refractivity contribution in [1.29, 1.82) is 0 Å². The van der Waals surface area contributed by atoms with Gasteiger partial charge in [-0.25, -0.2) is 9.59 Å². The van der Waals surface area contributed by atoms with Crippen LogP contribution in [0.4, 0.5) is 10.6 Å². The van der Waals surface area contributed by atoms with Crippen LogP contribution < -0.4 is 21.9 Å². The van der Waals surface area contributed by atoms with Gasteiger partial charge in [0.1, 0.15) is 5.82 Å². The van der Waals surface area contributed by atoms with Crippen molar-refractivity contribution in [2.45, 2.75) is 6.04 Å². The van der Waals surface area contributed by atoms with Crippen LogP contribution in [0.3, 0.4) is 0 Å². The van der Waals surface area contributed by atoms with Crippen LogP contribution >= 0.6 is 0 Å². The van der Waals surface area contributed by atoms with E-state index in [2.05, 4.69) is 15.6 Å². The molecule has 122 valence electrons. The molecule has 0 radical (unpaired) electrons.